The van der Waals surface area contributed by atoms with Gasteiger partial charge in [-0.25, -0.2) is 0 Å². The van der Waals surface area contributed by atoms with Crippen LogP contribution in [0.4, 0.5) is 0 Å². The van der Waals surface area contributed by atoms with E-state index in [2.05, 4.69) is 32.9 Å². The summed E-state index contributed by atoms with van der Waals surface area (Å²) < 4.78 is 0. The molecule has 0 amide bonds. The van der Waals surface area contributed by atoms with E-state index < -0.39 is 0 Å². The molecular formula is C20H22O2. The minimum Gasteiger partial charge on any atom is -0.294 e. The molecule has 2 heteroatoms. The summed E-state index contributed by atoms with van der Waals surface area (Å²) >= 11 is 0. The number of hydrogen-bond acceptors (Lipinski definition) is 2. The van der Waals surface area contributed by atoms with E-state index >= 15 is 0 Å². The van der Waals surface area contributed by atoms with Gasteiger partial charge in [-0.2, -0.15) is 0 Å². The molecule has 4 rings (SSSR count). The van der Waals surface area contributed by atoms with E-state index in [4.69, 9.17) is 0 Å². The monoisotopic (exact) mass is 294 g/mol. The average molecular weight is 294 g/mol. The van der Waals surface area contributed by atoms with Crippen molar-refractivity contribution in [3.05, 3.63) is 47.0 Å². The predicted molar refractivity (Wildman–Crippen MR) is 86.0 cm³/mol. The zero-order valence-corrected chi connectivity index (χ0v) is 13.4. The molecule has 1 fully saturated rings. The third-order valence-electron chi connectivity index (χ3n) is 5.81. The molecule has 4 atom stereocenters. The fourth-order valence-electron chi connectivity index (χ4n) is 4.97. The number of rotatable bonds is 2. The average Bonchev–Trinajstić information content (AvgIpc) is 2.97. The Morgan fingerprint density at radius 1 is 1.23 bits per heavy atom. The lowest BCUT2D eigenvalue weighted by Gasteiger charge is -2.36. The van der Waals surface area contributed by atoms with E-state index in [1.165, 1.54) is 0 Å². The van der Waals surface area contributed by atoms with Gasteiger partial charge in [0.25, 0.3) is 0 Å². The second kappa shape index (κ2) is 4.41. The van der Waals surface area contributed by atoms with E-state index in [0.29, 0.717) is 11.5 Å². The van der Waals surface area contributed by atoms with Crippen LogP contribution in [0.2, 0.25) is 0 Å². The van der Waals surface area contributed by atoms with Gasteiger partial charge in [-0.05, 0) is 35.7 Å². The predicted octanol–water partition coefficient (Wildman–Crippen LogP) is 4.09. The Morgan fingerprint density at radius 2 is 2.00 bits per heavy atom. The number of hydrogen-bond donors (Lipinski definition) is 0. The molecule has 0 saturated heterocycles. The van der Waals surface area contributed by atoms with Crippen molar-refractivity contribution in [1.82, 2.24) is 0 Å². The van der Waals surface area contributed by atoms with Crippen LogP contribution in [0.5, 0.6) is 0 Å². The van der Waals surface area contributed by atoms with Gasteiger partial charge in [0.1, 0.15) is 0 Å². The molecule has 1 saturated carbocycles. The van der Waals surface area contributed by atoms with Crippen molar-refractivity contribution in [3.63, 3.8) is 0 Å². The molecule has 4 unspecified atom stereocenters. The van der Waals surface area contributed by atoms with Gasteiger partial charge in [-0.1, -0.05) is 51.1 Å². The van der Waals surface area contributed by atoms with Crippen LogP contribution >= 0.6 is 0 Å². The number of carbonyl (C=O) groups is 2. The van der Waals surface area contributed by atoms with E-state index in [0.717, 1.165) is 24.0 Å². The maximum Gasteiger partial charge on any atom is 0.168 e. The summed E-state index contributed by atoms with van der Waals surface area (Å²) in [5.41, 5.74) is 2.34. The molecule has 114 valence electrons. The molecule has 2 nitrogen and oxygen atoms in total. The molecule has 0 heterocycles. The quantitative estimate of drug-likeness (QED) is 0.770. The summed E-state index contributed by atoms with van der Waals surface area (Å²) in [5, 5.41) is 0. The number of allylic oxidation sites excluding steroid dienone is 2. The lowest BCUT2D eigenvalue weighted by Crippen LogP contribution is -2.42. The lowest BCUT2D eigenvalue weighted by atomic mass is 9.64. The molecule has 1 aromatic rings. The van der Waals surface area contributed by atoms with Crippen molar-refractivity contribution in [2.75, 3.05) is 0 Å². The lowest BCUT2D eigenvalue weighted by molar-refractivity contribution is 0.0675. The highest BCUT2D eigenvalue weighted by atomic mass is 16.1. The summed E-state index contributed by atoms with van der Waals surface area (Å²) in [6, 6.07) is 5.82. The first-order chi connectivity index (χ1) is 10.4. The molecule has 0 aromatic heterocycles. The van der Waals surface area contributed by atoms with Crippen molar-refractivity contribution >= 4 is 11.6 Å². The Balaban J connectivity index is 1.88. The molecule has 0 radical (unpaired) electrons. The summed E-state index contributed by atoms with van der Waals surface area (Å²) in [5.74, 6) is 0.880. The first-order valence-corrected chi connectivity index (χ1v) is 8.32. The number of Topliss-reactive ketones (excluding diaryl/α,β-unsaturated/α-hetero) is 2. The standard InChI is InChI=1S/C20H22O2/c1-11(2)9-12-5-4-6-14-15(12)19(22)16-13-7-8-20(3,10-13)17(16)18(14)21/h4-8,11,13,16-17H,9-10H2,1-3H3. The Labute approximate surface area is 131 Å². The van der Waals surface area contributed by atoms with Gasteiger partial charge < -0.3 is 0 Å². The van der Waals surface area contributed by atoms with Crippen LogP contribution < -0.4 is 0 Å². The number of benzene rings is 1. The molecule has 0 N–H and O–H groups in total. The minimum atomic E-state index is -0.142. The number of fused-ring (bicyclic) bond motifs is 6. The number of ketones is 2. The van der Waals surface area contributed by atoms with E-state index in [9.17, 15) is 9.59 Å². The van der Waals surface area contributed by atoms with Gasteiger partial charge in [-0.3, -0.25) is 9.59 Å². The molecule has 3 aliphatic rings. The van der Waals surface area contributed by atoms with Crippen LogP contribution in [0.15, 0.2) is 30.4 Å². The summed E-state index contributed by atoms with van der Waals surface area (Å²) in [6.07, 6.45) is 6.15. The fourth-order valence-corrected chi connectivity index (χ4v) is 4.97. The van der Waals surface area contributed by atoms with Gasteiger partial charge in [0, 0.05) is 23.0 Å². The van der Waals surface area contributed by atoms with Gasteiger partial charge in [0.05, 0.1) is 0 Å². The smallest absolute Gasteiger partial charge is 0.168 e. The Kier molecular flexibility index (Phi) is 2.79. The molecular weight excluding hydrogens is 272 g/mol. The zero-order valence-electron chi connectivity index (χ0n) is 13.4. The Hall–Kier alpha value is -1.70. The highest BCUT2D eigenvalue weighted by Crippen LogP contribution is 2.59. The Bertz CT molecular complexity index is 712. The van der Waals surface area contributed by atoms with Crippen LogP contribution in [-0.2, 0) is 6.42 Å². The van der Waals surface area contributed by atoms with Crippen LogP contribution in [0.25, 0.3) is 0 Å². The van der Waals surface area contributed by atoms with Crippen molar-refractivity contribution in [1.29, 1.82) is 0 Å². The summed E-state index contributed by atoms with van der Waals surface area (Å²) in [4.78, 5) is 26.3. The summed E-state index contributed by atoms with van der Waals surface area (Å²) in [7, 11) is 0. The maximum absolute atomic E-state index is 13.2. The highest BCUT2D eigenvalue weighted by molar-refractivity contribution is 6.17. The van der Waals surface area contributed by atoms with Crippen LogP contribution in [0.3, 0.4) is 0 Å². The van der Waals surface area contributed by atoms with Gasteiger partial charge >= 0.3 is 0 Å². The minimum absolute atomic E-state index is 0.117. The fraction of sp³-hybridized carbons (Fsp3) is 0.500. The third kappa shape index (κ3) is 1.67. The van der Waals surface area contributed by atoms with Crippen molar-refractivity contribution in [2.45, 2.75) is 33.6 Å². The van der Waals surface area contributed by atoms with E-state index in [-0.39, 0.29) is 34.7 Å². The van der Waals surface area contributed by atoms with Crippen LogP contribution in [0, 0.1) is 29.1 Å². The second-order valence-electron chi connectivity index (χ2n) is 7.90. The first-order valence-electron chi connectivity index (χ1n) is 8.32. The normalized spacial score (nSPS) is 35.2. The first kappa shape index (κ1) is 13.9. The second-order valence-corrected chi connectivity index (χ2v) is 7.90. The van der Waals surface area contributed by atoms with Crippen molar-refractivity contribution in [3.8, 4) is 0 Å². The van der Waals surface area contributed by atoms with Gasteiger partial charge in [0.15, 0.2) is 11.6 Å². The van der Waals surface area contributed by atoms with Crippen molar-refractivity contribution in [2.24, 2.45) is 29.1 Å². The van der Waals surface area contributed by atoms with E-state index in [1.807, 2.05) is 18.2 Å². The third-order valence-corrected chi connectivity index (χ3v) is 5.81. The Morgan fingerprint density at radius 3 is 2.73 bits per heavy atom. The summed E-state index contributed by atoms with van der Waals surface area (Å²) in [6.45, 7) is 6.44. The zero-order chi connectivity index (χ0) is 15.6. The SMILES string of the molecule is CC(C)Cc1cccc2c1C(=O)C1C3C=CC(C)(C3)C1C2=O. The topological polar surface area (TPSA) is 34.1 Å². The maximum atomic E-state index is 13.2. The molecule has 0 aliphatic heterocycles. The molecule has 1 aromatic carbocycles. The largest absolute Gasteiger partial charge is 0.294 e. The molecule has 3 aliphatic carbocycles. The van der Waals surface area contributed by atoms with Gasteiger partial charge in [-0.15, -0.1) is 0 Å². The van der Waals surface area contributed by atoms with Crippen LogP contribution in [0.1, 0.15) is 53.5 Å². The molecule has 22 heavy (non-hydrogen) atoms. The van der Waals surface area contributed by atoms with Crippen molar-refractivity contribution < 1.29 is 9.59 Å². The van der Waals surface area contributed by atoms with E-state index in [1.54, 1.807) is 0 Å². The number of carbonyl (C=O) groups excluding carboxylic acids is 2. The van der Waals surface area contributed by atoms with Crippen LogP contribution in [-0.4, -0.2) is 11.6 Å². The molecule has 2 bridgehead atoms. The molecule has 0 spiro atoms. The highest BCUT2D eigenvalue weighted by Gasteiger charge is 2.60. The van der Waals surface area contributed by atoms with Gasteiger partial charge in [0.2, 0.25) is 0 Å².